The van der Waals surface area contributed by atoms with Gasteiger partial charge in [-0.05, 0) is 31.2 Å². The van der Waals surface area contributed by atoms with Crippen molar-refractivity contribution in [3.63, 3.8) is 0 Å². The van der Waals surface area contributed by atoms with Crippen molar-refractivity contribution >= 4 is 27.9 Å². The van der Waals surface area contributed by atoms with Crippen molar-refractivity contribution in [3.8, 4) is 5.69 Å². The molecule has 0 unspecified atom stereocenters. The molecule has 0 amide bonds. The maximum Gasteiger partial charge on any atom is 0.182 e. The number of anilines is 1. The van der Waals surface area contributed by atoms with Crippen LogP contribution < -0.4 is 5.32 Å². The lowest BCUT2D eigenvalue weighted by Crippen LogP contribution is -2.10. The molecule has 4 heterocycles. The molecule has 0 saturated heterocycles. The van der Waals surface area contributed by atoms with E-state index in [2.05, 4.69) is 30.2 Å². The van der Waals surface area contributed by atoms with Crippen LogP contribution in [0.4, 0.5) is 10.2 Å². The summed E-state index contributed by atoms with van der Waals surface area (Å²) < 4.78 is 15.7. The van der Waals surface area contributed by atoms with Crippen LogP contribution in [-0.2, 0) is 0 Å². The third-order valence-electron chi connectivity index (χ3n) is 4.57. The van der Waals surface area contributed by atoms with Gasteiger partial charge in [-0.2, -0.15) is 5.10 Å². The van der Waals surface area contributed by atoms with Crippen molar-refractivity contribution in [2.75, 3.05) is 5.32 Å². The summed E-state index contributed by atoms with van der Waals surface area (Å²) in [6.45, 7) is 1.98. The molecule has 1 atom stereocenters. The second kappa shape index (κ2) is 6.38. The highest BCUT2D eigenvalue weighted by Crippen LogP contribution is 2.29. The average Bonchev–Trinajstić information content (AvgIpc) is 3.33. The third-order valence-corrected chi connectivity index (χ3v) is 4.57. The minimum atomic E-state index is -0.315. The number of benzene rings is 1. The number of pyridine rings is 1. The van der Waals surface area contributed by atoms with Crippen LogP contribution in [0.2, 0.25) is 0 Å². The highest BCUT2D eigenvalue weighted by molar-refractivity contribution is 5.85. The van der Waals surface area contributed by atoms with E-state index < -0.39 is 0 Å². The molecule has 138 valence electrons. The number of nitrogens with one attached hydrogen (secondary N) is 2. The van der Waals surface area contributed by atoms with Crippen molar-refractivity contribution in [2.24, 2.45) is 0 Å². The van der Waals surface area contributed by atoms with Gasteiger partial charge in [-0.3, -0.25) is 4.98 Å². The number of nitrogens with zero attached hydrogens (tertiary/aromatic N) is 6. The Morgan fingerprint density at radius 1 is 1.11 bits per heavy atom. The lowest BCUT2D eigenvalue weighted by Gasteiger charge is -2.13. The predicted molar refractivity (Wildman–Crippen MR) is 103 cm³/mol. The van der Waals surface area contributed by atoms with E-state index >= 15 is 0 Å². The topological polar surface area (TPSA) is 97.2 Å². The maximum atomic E-state index is 13.9. The van der Waals surface area contributed by atoms with Gasteiger partial charge in [0.2, 0.25) is 0 Å². The van der Waals surface area contributed by atoms with E-state index in [1.807, 2.05) is 19.1 Å². The van der Waals surface area contributed by atoms with Gasteiger partial charge < -0.3 is 10.3 Å². The number of hydrogen-bond acceptors (Lipinski definition) is 6. The lowest BCUT2D eigenvalue weighted by molar-refractivity contribution is 0.629. The number of aromatic nitrogens is 7. The van der Waals surface area contributed by atoms with Gasteiger partial charge in [0.25, 0.3) is 0 Å². The van der Waals surface area contributed by atoms with Gasteiger partial charge in [-0.1, -0.05) is 0 Å². The van der Waals surface area contributed by atoms with E-state index in [4.69, 9.17) is 5.10 Å². The average molecular weight is 374 g/mol. The van der Waals surface area contributed by atoms with Crippen LogP contribution >= 0.6 is 0 Å². The summed E-state index contributed by atoms with van der Waals surface area (Å²) >= 11 is 0. The molecule has 0 aliphatic carbocycles. The zero-order valence-electron chi connectivity index (χ0n) is 14.8. The molecule has 9 heteroatoms. The second-order valence-electron chi connectivity index (χ2n) is 6.35. The molecule has 0 aliphatic rings. The van der Waals surface area contributed by atoms with Gasteiger partial charge in [-0.15, -0.1) is 0 Å². The van der Waals surface area contributed by atoms with E-state index in [0.717, 1.165) is 22.3 Å². The van der Waals surface area contributed by atoms with Crippen molar-refractivity contribution < 1.29 is 4.39 Å². The van der Waals surface area contributed by atoms with Crippen molar-refractivity contribution in [1.29, 1.82) is 0 Å². The zero-order valence-corrected chi connectivity index (χ0v) is 14.8. The van der Waals surface area contributed by atoms with Gasteiger partial charge in [0.15, 0.2) is 11.5 Å². The standard InChI is InChI=1S/C19H15FN8/c1-11(26-19-17-18(23-9-22-17)24-10-25-19)16-14-3-2-12(20)8-15(14)28(27-16)13-4-6-21-7-5-13/h2-11H,1H3,(H2,22,23,24,25,26)/t11-/m0/s1. The van der Waals surface area contributed by atoms with Crippen molar-refractivity contribution in [1.82, 2.24) is 34.7 Å². The molecule has 8 nitrogen and oxygen atoms in total. The Hall–Kier alpha value is -3.88. The van der Waals surface area contributed by atoms with Crippen LogP contribution in [0, 0.1) is 5.82 Å². The molecule has 0 spiro atoms. The van der Waals surface area contributed by atoms with Crippen LogP contribution in [0.15, 0.2) is 55.4 Å². The summed E-state index contributed by atoms with van der Waals surface area (Å²) in [7, 11) is 0. The maximum absolute atomic E-state index is 13.9. The molecule has 0 aliphatic heterocycles. The van der Waals surface area contributed by atoms with Gasteiger partial charge >= 0.3 is 0 Å². The Labute approximate surface area is 158 Å². The first-order valence-electron chi connectivity index (χ1n) is 8.70. The molecular weight excluding hydrogens is 359 g/mol. The summed E-state index contributed by atoms with van der Waals surface area (Å²) in [5.41, 5.74) is 3.57. The Balaban J connectivity index is 1.61. The molecule has 28 heavy (non-hydrogen) atoms. The first-order valence-corrected chi connectivity index (χ1v) is 8.70. The molecule has 4 aromatic heterocycles. The number of hydrogen-bond donors (Lipinski definition) is 2. The highest BCUT2D eigenvalue weighted by Gasteiger charge is 2.19. The quantitative estimate of drug-likeness (QED) is 0.500. The van der Waals surface area contributed by atoms with Gasteiger partial charge in [0, 0.05) is 23.8 Å². The van der Waals surface area contributed by atoms with Crippen molar-refractivity contribution in [2.45, 2.75) is 13.0 Å². The number of H-pyrrole nitrogens is 1. The summed E-state index contributed by atoms with van der Waals surface area (Å²) in [6, 6.07) is 8.13. The molecule has 0 fully saturated rings. The monoisotopic (exact) mass is 374 g/mol. The fourth-order valence-corrected chi connectivity index (χ4v) is 3.26. The molecule has 5 rings (SSSR count). The second-order valence-corrected chi connectivity index (χ2v) is 6.35. The first-order chi connectivity index (χ1) is 13.7. The van der Waals surface area contributed by atoms with Crippen LogP contribution in [0.25, 0.3) is 27.8 Å². The largest absolute Gasteiger partial charge is 0.360 e. The number of halogens is 1. The van der Waals surface area contributed by atoms with Crippen LogP contribution in [0.5, 0.6) is 0 Å². The number of aromatic amines is 1. The van der Waals surface area contributed by atoms with Crippen LogP contribution in [0.3, 0.4) is 0 Å². The van der Waals surface area contributed by atoms with Crippen LogP contribution in [0.1, 0.15) is 18.7 Å². The van der Waals surface area contributed by atoms with Gasteiger partial charge in [0.05, 0.1) is 29.3 Å². The van der Waals surface area contributed by atoms with E-state index in [9.17, 15) is 4.39 Å². The highest BCUT2D eigenvalue weighted by atomic mass is 19.1. The van der Waals surface area contributed by atoms with Gasteiger partial charge in [-0.25, -0.2) is 24.0 Å². The first kappa shape index (κ1) is 16.3. The summed E-state index contributed by atoms with van der Waals surface area (Å²) in [5, 5.41) is 8.96. The van der Waals surface area contributed by atoms with Crippen molar-refractivity contribution in [3.05, 3.63) is 66.9 Å². The lowest BCUT2D eigenvalue weighted by atomic mass is 10.1. The fraction of sp³-hybridized carbons (Fsp3) is 0.105. The van der Waals surface area contributed by atoms with E-state index in [0.29, 0.717) is 17.0 Å². The molecule has 1 aromatic carbocycles. The zero-order chi connectivity index (χ0) is 19.1. The predicted octanol–water partition coefficient (Wildman–Crippen LogP) is 3.40. The molecule has 2 N–H and O–H groups in total. The molecule has 5 aromatic rings. The molecular formula is C19H15FN8. The fourth-order valence-electron chi connectivity index (χ4n) is 3.26. The Kier molecular flexibility index (Phi) is 3.71. The van der Waals surface area contributed by atoms with Gasteiger partial charge in [0.1, 0.15) is 17.7 Å². The molecule has 0 radical (unpaired) electrons. The molecule has 0 saturated carbocycles. The minimum absolute atomic E-state index is 0.197. The summed E-state index contributed by atoms with van der Waals surface area (Å²) in [4.78, 5) is 19.7. The number of imidazole rings is 1. The van der Waals surface area contributed by atoms with E-state index in [-0.39, 0.29) is 11.9 Å². The minimum Gasteiger partial charge on any atom is -0.360 e. The Bertz CT molecular complexity index is 1280. The number of fused-ring (bicyclic) bond motifs is 2. The summed E-state index contributed by atoms with van der Waals surface area (Å²) in [6.07, 6.45) is 6.39. The summed E-state index contributed by atoms with van der Waals surface area (Å²) in [5.74, 6) is 0.313. The van der Waals surface area contributed by atoms with E-state index in [1.165, 1.54) is 18.5 Å². The number of rotatable bonds is 4. The third kappa shape index (κ3) is 2.64. The Morgan fingerprint density at radius 2 is 1.96 bits per heavy atom. The van der Waals surface area contributed by atoms with E-state index in [1.54, 1.807) is 29.5 Å². The SMILES string of the molecule is C[C@H](Nc1ncnc2nc[nH]c12)c1nn(-c2ccncc2)c2cc(F)ccc12. The molecule has 0 bridgehead atoms. The van der Waals surface area contributed by atoms with Crippen LogP contribution in [-0.4, -0.2) is 34.7 Å². The normalized spacial score (nSPS) is 12.5. The Morgan fingerprint density at radius 3 is 2.82 bits per heavy atom. The smallest absolute Gasteiger partial charge is 0.182 e.